The van der Waals surface area contributed by atoms with Crippen molar-refractivity contribution in [1.82, 2.24) is 4.90 Å². The van der Waals surface area contributed by atoms with E-state index in [-0.39, 0.29) is 12.4 Å². The van der Waals surface area contributed by atoms with Crippen LogP contribution in [-0.4, -0.2) is 38.5 Å². The van der Waals surface area contributed by atoms with Crippen LogP contribution in [0, 0.1) is 0 Å². The lowest BCUT2D eigenvalue weighted by molar-refractivity contribution is -0.118. The van der Waals surface area contributed by atoms with Crippen LogP contribution < -0.4 is 0 Å². The molecule has 3 nitrogen and oxygen atoms in total. The lowest BCUT2D eigenvalue weighted by Crippen LogP contribution is -2.06. The van der Waals surface area contributed by atoms with Gasteiger partial charge >= 0.3 is 0 Å². The second-order valence-corrected chi connectivity index (χ2v) is 2.18. The van der Waals surface area contributed by atoms with Crippen LogP contribution in [0.3, 0.4) is 0 Å². The predicted molar refractivity (Wildman–Crippen MR) is 39.7 cm³/mol. The lowest BCUT2D eigenvalue weighted by atomic mass is 10.4. The molecule has 0 aliphatic rings. The van der Waals surface area contributed by atoms with E-state index in [1.54, 1.807) is 11.1 Å². The molecule has 58 valence electrons. The number of ketones is 1. The van der Waals surface area contributed by atoms with E-state index in [0.717, 1.165) is 0 Å². The van der Waals surface area contributed by atoms with E-state index in [2.05, 4.69) is 4.74 Å². The zero-order valence-corrected chi connectivity index (χ0v) is 6.63. The zero-order chi connectivity index (χ0) is 7.98. The van der Waals surface area contributed by atoms with Crippen LogP contribution in [-0.2, 0) is 9.53 Å². The minimum atomic E-state index is -0.0174. The number of carbonyl (C=O) groups excluding carboxylic acids is 1. The molecule has 0 amide bonds. The molecule has 0 spiro atoms. The van der Waals surface area contributed by atoms with Crippen LogP contribution in [0.4, 0.5) is 0 Å². The Morgan fingerprint density at radius 1 is 1.60 bits per heavy atom. The van der Waals surface area contributed by atoms with Crippen molar-refractivity contribution in [3.63, 3.8) is 0 Å². The highest BCUT2D eigenvalue weighted by Gasteiger charge is 1.91. The molecule has 0 radical (unpaired) electrons. The molecule has 0 saturated carbocycles. The summed E-state index contributed by atoms with van der Waals surface area (Å²) in [7, 11) is 5.22. The molecule has 0 aliphatic heterocycles. The smallest absolute Gasteiger partial charge is 0.182 e. The normalized spacial score (nSPS) is 10.3. The highest BCUT2D eigenvalue weighted by Crippen LogP contribution is 1.80. The van der Waals surface area contributed by atoms with Crippen molar-refractivity contribution in [1.29, 1.82) is 0 Å². The van der Waals surface area contributed by atoms with Crippen LogP contribution in [0.5, 0.6) is 0 Å². The van der Waals surface area contributed by atoms with Crippen LogP contribution in [0.1, 0.15) is 0 Å². The molecular weight excluding hydrogens is 130 g/mol. The summed E-state index contributed by atoms with van der Waals surface area (Å²) in [6.07, 6.45) is 3.19. The van der Waals surface area contributed by atoms with Crippen molar-refractivity contribution in [3.05, 3.63) is 12.3 Å². The van der Waals surface area contributed by atoms with Gasteiger partial charge in [-0.1, -0.05) is 0 Å². The molecule has 0 aromatic rings. The number of hydrogen-bond acceptors (Lipinski definition) is 3. The average molecular weight is 143 g/mol. The third-order valence-corrected chi connectivity index (χ3v) is 0.845. The molecule has 0 fully saturated rings. The summed E-state index contributed by atoms with van der Waals surface area (Å²) in [6, 6.07) is 0. The molecule has 0 bridgehead atoms. The quantitative estimate of drug-likeness (QED) is 0.529. The van der Waals surface area contributed by atoms with E-state index >= 15 is 0 Å². The number of hydrogen-bond donors (Lipinski definition) is 0. The summed E-state index contributed by atoms with van der Waals surface area (Å²) in [5.41, 5.74) is 0. The Hall–Kier alpha value is -0.830. The van der Waals surface area contributed by atoms with Crippen molar-refractivity contribution >= 4 is 5.78 Å². The van der Waals surface area contributed by atoms with Gasteiger partial charge in [0.1, 0.15) is 6.61 Å². The molecule has 0 aliphatic carbocycles. The number of carbonyl (C=O) groups is 1. The number of methoxy groups -OCH3 is 1. The van der Waals surface area contributed by atoms with Crippen LogP contribution >= 0.6 is 0 Å². The van der Waals surface area contributed by atoms with Gasteiger partial charge in [-0.2, -0.15) is 0 Å². The number of ether oxygens (including phenoxy) is 1. The molecule has 0 rings (SSSR count). The van der Waals surface area contributed by atoms with Gasteiger partial charge in [0.15, 0.2) is 5.78 Å². The van der Waals surface area contributed by atoms with E-state index in [1.807, 2.05) is 14.1 Å². The maximum atomic E-state index is 10.7. The molecule has 0 saturated heterocycles. The van der Waals surface area contributed by atoms with Gasteiger partial charge in [-0.3, -0.25) is 4.79 Å². The average Bonchev–Trinajstić information content (AvgIpc) is 1.85. The molecule has 0 atom stereocenters. The number of nitrogens with zero attached hydrogens (tertiary/aromatic N) is 1. The van der Waals surface area contributed by atoms with Gasteiger partial charge < -0.3 is 9.64 Å². The van der Waals surface area contributed by atoms with E-state index in [4.69, 9.17) is 0 Å². The van der Waals surface area contributed by atoms with Crippen molar-refractivity contribution in [2.24, 2.45) is 0 Å². The maximum Gasteiger partial charge on any atom is 0.182 e. The summed E-state index contributed by atoms with van der Waals surface area (Å²) < 4.78 is 4.62. The second-order valence-electron chi connectivity index (χ2n) is 2.18. The van der Waals surface area contributed by atoms with Gasteiger partial charge in [0, 0.05) is 27.4 Å². The first-order chi connectivity index (χ1) is 4.66. The molecule has 10 heavy (non-hydrogen) atoms. The van der Waals surface area contributed by atoms with E-state index in [0.29, 0.717) is 0 Å². The fourth-order valence-corrected chi connectivity index (χ4v) is 0.423. The van der Waals surface area contributed by atoms with Crippen LogP contribution in [0.25, 0.3) is 0 Å². The maximum absolute atomic E-state index is 10.7. The summed E-state index contributed by atoms with van der Waals surface area (Å²) in [5.74, 6) is -0.0174. The lowest BCUT2D eigenvalue weighted by Gasteiger charge is -2.01. The SMILES string of the molecule is COCC(=O)/C=C/N(C)C. The Morgan fingerprint density at radius 3 is 2.60 bits per heavy atom. The Balaban J connectivity index is 3.56. The van der Waals surface area contributed by atoms with Crippen molar-refractivity contribution in [2.75, 3.05) is 27.8 Å². The second kappa shape index (κ2) is 4.99. The van der Waals surface area contributed by atoms with Crippen molar-refractivity contribution in [3.8, 4) is 0 Å². The summed E-state index contributed by atoms with van der Waals surface area (Å²) in [5, 5.41) is 0. The minimum Gasteiger partial charge on any atom is -0.383 e. The Bertz CT molecular complexity index is 130. The molecule has 0 unspecified atom stereocenters. The van der Waals surface area contributed by atoms with E-state index < -0.39 is 0 Å². The molecular formula is C7H13NO2. The largest absolute Gasteiger partial charge is 0.383 e. The fraction of sp³-hybridized carbons (Fsp3) is 0.571. The van der Waals surface area contributed by atoms with Gasteiger partial charge in [-0.15, -0.1) is 0 Å². The number of rotatable bonds is 4. The van der Waals surface area contributed by atoms with E-state index in [1.165, 1.54) is 13.2 Å². The highest BCUT2D eigenvalue weighted by molar-refractivity contribution is 5.90. The van der Waals surface area contributed by atoms with Crippen LogP contribution in [0.2, 0.25) is 0 Å². The molecule has 0 aromatic heterocycles. The standard InChI is InChI=1S/C7H13NO2/c1-8(2)5-4-7(9)6-10-3/h4-5H,6H2,1-3H3/b5-4+. The van der Waals surface area contributed by atoms with Gasteiger partial charge in [0.25, 0.3) is 0 Å². The molecule has 0 aromatic carbocycles. The summed E-state index contributed by atoms with van der Waals surface area (Å²) in [4.78, 5) is 12.5. The third-order valence-electron chi connectivity index (χ3n) is 0.845. The predicted octanol–water partition coefficient (Wildman–Crippen LogP) is 0.277. The van der Waals surface area contributed by atoms with Gasteiger partial charge in [-0.05, 0) is 6.08 Å². The topological polar surface area (TPSA) is 29.5 Å². The van der Waals surface area contributed by atoms with Gasteiger partial charge in [-0.25, -0.2) is 0 Å². The Morgan fingerprint density at radius 2 is 2.20 bits per heavy atom. The van der Waals surface area contributed by atoms with Crippen LogP contribution in [0.15, 0.2) is 12.3 Å². The van der Waals surface area contributed by atoms with Crippen molar-refractivity contribution < 1.29 is 9.53 Å². The highest BCUT2D eigenvalue weighted by atomic mass is 16.5. The first-order valence-electron chi connectivity index (χ1n) is 3.03. The minimum absolute atomic E-state index is 0.0174. The Labute approximate surface area is 61.3 Å². The van der Waals surface area contributed by atoms with Crippen molar-refractivity contribution in [2.45, 2.75) is 0 Å². The Kier molecular flexibility index (Phi) is 4.58. The first-order valence-corrected chi connectivity index (χ1v) is 3.03. The first kappa shape index (κ1) is 9.17. The third kappa shape index (κ3) is 5.31. The molecule has 3 heteroatoms. The van der Waals surface area contributed by atoms with Gasteiger partial charge in [0.05, 0.1) is 0 Å². The molecule has 0 heterocycles. The summed E-state index contributed by atoms with van der Waals surface area (Å²) in [6.45, 7) is 0.157. The zero-order valence-electron chi connectivity index (χ0n) is 6.63. The molecule has 0 N–H and O–H groups in total. The van der Waals surface area contributed by atoms with Gasteiger partial charge in [0.2, 0.25) is 0 Å². The van der Waals surface area contributed by atoms with E-state index in [9.17, 15) is 4.79 Å². The summed E-state index contributed by atoms with van der Waals surface area (Å²) >= 11 is 0. The fourth-order valence-electron chi connectivity index (χ4n) is 0.423. The monoisotopic (exact) mass is 143 g/mol.